The zero-order chi connectivity index (χ0) is 14.8. The van der Waals surface area contributed by atoms with Gasteiger partial charge in [0.25, 0.3) is 0 Å². The third kappa shape index (κ3) is 2.38. The Morgan fingerprint density at radius 1 is 1.09 bits per heavy atom. The highest BCUT2D eigenvalue weighted by Crippen LogP contribution is 2.32. The summed E-state index contributed by atoms with van der Waals surface area (Å²) in [5.41, 5.74) is 1.70. The van der Waals surface area contributed by atoms with Gasteiger partial charge in [-0.3, -0.25) is 4.98 Å². The van der Waals surface area contributed by atoms with Crippen molar-refractivity contribution < 1.29 is 0 Å². The van der Waals surface area contributed by atoms with Gasteiger partial charge < -0.3 is 0 Å². The quantitative estimate of drug-likeness (QED) is 0.802. The Morgan fingerprint density at radius 3 is 2.64 bits per heavy atom. The van der Waals surface area contributed by atoms with Crippen molar-refractivity contribution in [1.29, 1.82) is 0 Å². The number of rotatable bonds is 3. The first-order valence-corrected chi connectivity index (χ1v) is 7.65. The molecule has 0 saturated heterocycles. The molecule has 0 unspecified atom stereocenters. The molecule has 1 saturated carbocycles. The van der Waals surface area contributed by atoms with E-state index in [1.807, 2.05) is 16.8 Å². The van der Waals surface area contributed by atoms with Crippen molar-refractivity contribution in [1.82, 2.24) is 35.2 Å². The number of aromatic nitrogens is 7. The molecule has 0 atom stereocenters. The number of pyridine rings is 1. The summed E-state index contributed by atoms with van der Waals surface area (Å²) >= 11 is 0. The minimum atomic E-state index is 0.392. The van der Waals surface area contributed by atoms with Gasteiger partial charge in [-0.1, -0.05) is 19.3 Å². The van der Waals surface area contributed by atoms with Crippen LogP contribution in [-0.2, 0) is 0 Å². The van der Waals surface area contributed by atoms with Gasteiger partial charge in [-0.2, -0.15) is 20.5 Å². The fourth-order valence-electron chi connectivity index (χ4n) is 3.01. The van der Waals surface area contributed by atoms with E-state index in [0.717, 1.165) is 29.9 Å². The monoisotopic (exact) mass is 295 g/mol. The number of hydrogen-bond donors (Lipinski definition) is 1. The molecule has 112 valence electrons. The van der Waals surface area contributed by atoms with E-state index < -0.39 is 0 Å². The lowest BCUT2D eigenvalue weighted by atomic mass is 9.95. The maximum absolute atomic E-state index is 4.76. The van der Waals surface area contributed by atoms with Crippen LogP contribution < -0.4 is 0 Å². The molecule has 1 aliphatic carbocycles. The van der Waals surface area contributed by atoms with Gasteiger partial charge in [0.15, 0.2) is 11.6 Å². The van der Waals surface area contributed by atoms with E-state index in [9.17, 15) is 0 Å². The highest BCUT2D eigenvalue weighted by Gasteiger charge is 2.23. The van der Waals surface area contributed by atoms with E-state index in [-0.39, 0.29) is 0 Å². The van der Waals surface area contributed by atoms with E-state index >= 15 is 0 Å². The van der Waals surface area contributed by atoms with Crippen LogP contribution in [0.1, 0.15) is 38.1 Å². The summed E-state index contributed by atoms with van der Waals surface area (Å²) in [6.07, 6.45) is 11.3. The molecule has 22 heavy (non-hydrogen) atoms. The second kappa shape index (κ2) is 5.67. The number of H-pyrrole nitrogens is 1. The molecule has 3 aromatic heterocycles. The third-order valence-electron chi connectivity index (χ3n) is 4.13. The largest absolute Gasteiger partial charge is 0.265 e. The molecular weight excluding hydrogens is 278 g/mol. The Labute approximate surface area is 127 Å². The van der Waals surface area contributed by atoms with Crippen molar-refractivity contribution in [3.63, 3.8) is 0 Å². The summed E-state index contributed by atoms with van der Waals surface area (Å²) in [5, 5.41) is 15.5. The lowest BCUT2D eigenvalue weighted by molar-refractivity contribution is 0.332. The standard InChI is InChI=1S/C15H17N7/c1-2-4-12(5-3-1)22-15(13-10-17-21-19-13)18-14(20-22)11-6-8-16-9-7-11/h6-10,12H,1-5H2,(H,17,19,21). The Bertz CT molecular complexity index is 727. The van der Waals surface area contributed by atoms with Gasteiger partial charge in [0.05, 0.1) is 12.2 Å². The van der Waals surface area contributed by atoms with Crippen LogP contribution in [0.2, 0.25) is 0 Å². The lowest BCUT2D eigenvalue weighted by Crippen LogP contribution is -2.15. The predicted octanol–water partition coefficient (Wildman–Crippen LogP) is 2.63. The summed E-state index contributed by atoms with van der Waals surface area (Å²) in [4.78, 5) is 8.75. The molecule has 1 aliphatic rings. The summed E-state index contributed by atoms with van der Waals surface area (Å²) in [5.74, 6) is 1.50. The summed E-state index contributed by atoms with van der Waals surface area (Å²) in [6, 6.07) is 4.24. The molecule has 7 heteroatoms. The molecule has 0 aromatic carbocycles. The van der Waals surface area contributed by atoms with E-state index in [4.69, 9.17) is 10.1 Å². The average molecular weight is 295 g/mol. The smallest absolute Gasteiger partial charge is 0.181 e. The molecule has 7 nitrogen and oxygen atoms in total. The van der Waals surface area contributed by atoms with E-state index in [0.29, 0.717) is 11.9 Å². The molecule has 3 aromatic rings. The Kier molecular flexibility index (Phi) is 3.38. The van der Waals surface area contributed by atoms with E-state index in [1.54, 1.807) is 18.6 Å². The van der Waals surface area contributed by atoms with Crippen LogP contribution in [0.3, 0.4) is 0 Å². The maximum atomic E-state index is 4.76. The van der Waals surface area contributed by atoms with Crippen LogP contribution in [0.4, 0.5) is 0 Å². The zero-order valence-corrected chi connectivity index (χ0v) is 12.2. The van der Waals surface area contributed by atoms with Crippen molar-refractivity contribution in [3.05, 3.63) is 30.7 Å². The highest BCUT2D eigenvalue weighted by molar-refractivity contribution is 5.58. The summed E-state index contributed by atoms with van der Waals surface area (Å²) in [7, 11) is 0. The van der Waals surface area contributed by atoms with Crippen LogP contribution in [0.25, 0.3) is 22.9 Å². The van der Waals surface area contributed by atoms with Crippen molar-refractivity contribution in [2.75, 3.05) is 0 Å². The third-order valence-corrected chi connectivity index (χ3v) is 4.13. The minimum absolute atomic E-state index is 0.392. The van der Waals surface area contributed by atoms with E-state index in [1.165, 1.54) is 19.3 Å². The van der Waals surface area contributed by atoms with Gasteiger partial charge in [0, 0.05) is 18.0 Å². The van der Waals surface area contributed by atoms with Crippen LogP contribution >= 0.6 is 0 Å². The number of aromatic amines is 1. The van der Waals surface area contributed by atoms with Crippen LogP contribution in [-0.4, -0.2) is 35.2 Å². The first-order chi connectivity index (χ1) is 10.9. The van der Waals surface area contributed by atoms with E-state index in [2.05, 4.69) is 20.4 Å². The summed E-state index contributed by atoms with van der Waals surface area (Å²) < 4.78 is 2.03. The van der Waals surface area contributed by atoms with Crippen molar-refractivity contribution in [2.24, 2.45) is 0 Å². The molecule has 0 bridgehead atoms. The molecule has 3 heterocycles. The number of hydrogen-bond acceptors (Lipinski definition) is 5. The van der Waals surface area contributed by atoms with Gasteiger partial charge in [0.2, 0.25) is 0 Å². The molecule has 4 rings (SSSR count). The molecule has 0 spiro atoms. The Balaban J connectivity index is 1.79. The Hall–Kier alpha value is -2.57. The van der Waals surface area contributed by atoms with Crippen molar-refractivity contribution >= 4 is 0 Å². The van der Waals surface area contributed by atoms with Gasteiger partial charge in [-0.15, -0.1) is 0 Å². The van der Waals surface area contributed by atoms with Crippen molar-refractivity contribution in [3.8, 4) is 22.9 Å². The maximum Gasteiger partial charge on any atom is 0.181 e. The molecule has 1 fully saturated rings. The first kappa shape index (κ1) is 13.1. The van der Waals surface area contributed by atoms with Gasteiger partial charge >= 0.3 is 0 Å². The predicted molar refractivity (Wildman–Crippen MR) is 80.8 cm³/mol. The van der Waals surface area contributed by atoms with Crippen LogP contribution in [0.15, 0.2) is 30.7 Å². The topological polar surface area (TPSA) is 85.2 Å². The first-order valence-electron chi connectivity index (χ1n) is 7.65. The van der Waals surface area contributed by atoms with Gasteiger partial charge in [-0.25, -0.2) is 9.67 Å². The average Bonchev–Trinajstić information content (AvgIpc) is 3.26. The molecule has 1 N–H and O–H groups in total. The fraction of sp³-hybridized carbons (Fsp3) is 0.400. The van der Waals surface area contributed by atoms with Crippen LogP contribution in [0, 0.1) is 0 Å². The number of nitrogens with one attached hydrogen (secondary N) is 1. The second-order valence-electron chi connectivity index (χ2n) is 5.59. The second-order valence-corrected chi connectivity index (χ2v) is 5.59. The summed E-state index contributed by atoms with van der Waals surface area (Å²) in [6.45, 7) is 0. The Morgan fingerprint density at radius 2 is 1.91 bits per heavy atom. The van der Waals surface area contributed by atoms with Crippen molar-refractivity contribution in [2.45, 2.75) is 38.1 Å². The molecule has 0 aliphatic heterocycles. The van der Waals surface area contributed by atoms with Gasteiger partial charge in [-0.05, 0) is 25.0 Å². The normalized spacial score (nSPS) is 16.0. The molecular formula is C15H17N7. The number of nitrogens with zero attached hydrogens (tertiary/aromatic N) is 6. The molecule has 0 radical (unpaired) electrons. The van der Waals surface area contributed by atoms with Crippen LogP contribution in [0.5, 0.6) is 0 Å². The highest BCUT2D eigenvalue weighted by atomic mass is 15.4. The lowest BCUT2D eigenvalue weighted by Gasteiger charge is -2.22. The SMILES string of the molecule is c1cc(-c2nc(-c3cn[nH]n3)n(C3CCCCC3)n2)ccn1. The minimum Gasteiger partial charge on any atom is -0.265 e. The zero-order valence-electron chi connectivity index (χ0n) is 12.2. The fourth-order valence-corrected chi connectivity index (χ4v) is 3.01. The molecule has 0 amide bonds. The van der Waals surface area contributed by atoms with Gasteiger partial charge in [0.1, 0.15) is 5.69 Å².